The number of fused-ring (bicyclic) bond motifs is 1. The molecular weight excluding hydrogens is 210 g/mol. The molecule has 1 spiro atoms. The lowest BCUT2D eigenvalue weighted by Gasteiger charge is -2.21. The molecule has 3 atom stereocenters. The van der Waals surface area contributed by atoms with Crippen molar-refractivity contribution in [3.05, 3.63) is 0 Å². The predicted octanol–water partition coefficient (Wildman–Crippen LogP) is 0.487. The van der Waals surface area contributed by atoms with Crippen molar-refractivity contribution >= 4 is 5.97 Å². The zero-order chi connectivity index (χ0) is 11.2. The van der Waals surface area contributed by atoms with E-state index in [0.717, 1.165) is 12.8 Å². The molecule has 2 heterocycles. The lowest BCUT2D eigenvalue weighted by molar-refractivity contribution is -0.163. The first-order valence-electron chi connectivity index (χ1n) is 6.00. The van der Waals surface area contributed by atoms with E-state index < -0.39 is 17.8 Å². The van der Waals surface area contributed by atoms with E-state index in [1.165, 1.54) is 12.8 Å². The van der Waals surface area contributed by atoms with Gasteiger partial charge in [0.15, 0.2) is 5.79 Å². The van der Waals surface area contributed by atoms with E-state index in [9.17, 15) is 4.79 Å². The molecule has 0 amide bonds. The Labute approximate surface area is 94.1 Å². The first kappa shape index (κ1) is 10.5. The monoisotopic (exact) mass is 227 g/mol. The maximum Gasteiger partial charge on any atom is 0.320 e. The molecule has 3 aliphatic rings. The molecule has 0 unspecified atom stereocenters. The minimum atomic E-state index is -0.820. The van der Waals surface area contributed by atoms with Gasteiger partial charge in [0.25, 0.3) is 0 Å². The highest BCUT2D eigenvalue weighted by molar-refractivity contribution is 5.74. The number of hydrogen-bond donors (Lipinski definition) is 2. The standard InChI is InChI=1S/C11H17NO4/c13-10(14)7-5-11(6-12-7)15-8-3-1-2-4-9(8)16-11/h7-9,12H,1-6H2,(H,13,14)/t7-,8+,9+/m0/s1. The highest BCUT2D eigenvalue weighted by atomic mass is 16.8. The highest BCUT2D eigenvalue weighted by Crippen LogP contribution is 2.41. The summed E-state index contributed by atoms with van der Waals surface area (Å²) in [4.78, 5) is 10.9. The Hall–Kier alpha value is -0.650. The molecule has 5 heteroatoms. The largest absolute Gasteiger partial charge is 0.480 e. The van der Waals surface area contributed by atoms with Crippen molar-refractivity contribution < 1.29 is 19.4 Å². The van der Waals surface area contributed by atoms with Crippen LogP contribution in [0.25, 0.3) is 0 Å². The van der Waals surface area contributed by atoms with E-state index in [-0.39, 0.29) is 12.2 Å². The second-order valence-corrected chi connectivity index (χ2v) is 4.98. The van der Waals surface area contributed by atoms with Crippen molar-refractivity contribution in [2.45, 2.75) is 56.1 Å². The fourth-order valence-corrected chi connectivity index (χ4v) is 3.00. The Bertz CT molecular complexity index is 292. The average molecular weight is 227 g/mol. The second-order valence-electron chi connectivity index (χ2n) is 4.98. The fraction of sp³-hybridized carbons (Fsp3) is 0.909. The van der Waals surface area contributed by atoms with Crippen molar-refractivity contribution in [3.8, 4) is 0 Å². The lowest BCUT2D eigenvalue weighted by Crippen LogP contribution is -2.33. The summed E-state index contributed by atoms with van der Waals surface area (Å²) in [6.45, 7) is 0.497. The summed E-state index contributed by atoms with van der Waals surface area (Å²) < 4.78 is 11.9. The van der Waals surface area contributed by atoms with Crippen molar-refractivity contribution in [2.75, 3.05) is 6.54 Å². The summed E-state index contributed by atoms with van der Waals surface area (Å²) in [7, 11) is 0. The van der Waals surface area contributed by atoms with Gasteiger partial charge in [-0.15, -0.1) is 0 Å². The fourth-order valence-electron chi connectivity index (χ4n) is 3.00. The van der Waals surface area contributed by atoms with Gasteiger partial charge in [-0.25, -0.2) is 0 Å². The summed E-state index contributed by atoms with van der Waals surface area (Å²) >= 11 is 0. The molecule has 1 saturated carbocycles. The number of carboxylic acid groups (broad SMARTS) is 1. The van der Waals surface area contributed by atoms with Crippen LogP contribution in [0.1, 0.15) is 32.1 Å². The molecule has 2 saturated heterocycles. The van der Waals surface area contributed by atoms with E-state index in [2.05, 4.69) is 5.32 Å². The van der Waals surface area contributed by atoms with Gasteiger partial charge in [0.05, 0.1) is 18.8 Å². The Morgan fingerprint density at radius 2 is 1.88 bits per heavy atom. The molecular formula is C11H17NO4. The van der Waals surface area contributed by atoms with Gasteiger partial charge in [0.2, 0.25) is 0 Å². The smallest absolute Gasteiger partial charge is 0.320 e. The molecule has 3 rings (SSSR count). The van der Waals surface area contributed by atoms with Crippen molar-refractivity contribution in [1.82, 2.24) is 5.32 Å². The van der Waals surface area contributed by atoms with E-state index in [1.54, 1.807) is 0 Å². The van der Waals surface area contributed by atoms with Crippen LogP contribution in [-0.4, -0.2) is 41.7 Å². The molecule has 0 radical (unpaired) electrons. The van der Waals surface area contributed by atoms with Gasteiger partial charge >= 0.3 is 5.97 Å². The van der Waals surface area contributed by atoms with Crippen LogP contribution < -0.4 is 5.32 Å². The highest BCUT2D eigenvalue weighted by Gasteiger charge is 2.53. The topological polar surface area (TPSA) is 67.8 Å². The SMILES string of the molecule is O=C(O)[C@@H]1CC2(CN1)O[C@@H]1CCCC[C@H]1O2. The maximum absolute atomic E-state index is 10.9. The number of aliphatic carboxylic acids is 1. The lowest BCUT2D eigenvalue weighted by atomic mass is 9.95. The Kier molecular flexibility index (Phi) is 2.42. The molecule has 3 fully saturated rings. The van der Waals surface area contributed by atoms with Crippen LogP contribution in [0, 0.1) is 0 Å². The summed E-state index contributed by atoms with van der Waals surface area (Å²) in [5.41, 5.74) is 0. The van der Waals surface area contributed by atoms with Crippen LogP contribution in [0.15, 0.2) is 0 Å². The molecule has 0 aromatic heterocycles. The third kappa shape index (κ3) is 1.63. The van der Waals surface area contributed by atoms with Crippen molar-refractivity contribution in [1.29, 1.82) is 0 Å². The average Bonchev–Trinajstić information content (AvgIpc) is 2.82. The maximum atomic E-state index is 10.9. The molecule has 0 aromatic carbocycles. The van der Waals surface area contributed by atoms with Crippen molar-refractivity contribution in [2.24, 2.45) is 0 Å². The predicted molar refractivity (Wildman–Crippen MR) is 55.0 cm³/mol. The van der Waals surface area contributed by atoms with Crippen LogP contribution in [-0.2, 0) is 14.3 Å². The first-order chi connectivity index (χ1) is 7.69. The number of hydrogen-bond acceptors (Lipinski definition) is 4. The number of ether oxygens (including phenoxy) is 2. The van der Waals surface area contributed by atoms with Gasteiger partial charge in [-0.1, -0.05) is 12.8 Å². The van der Waals surface area contributed by atoms with Gasteiger partial charge in [0, 0.05) is 6.42 Å². The Morgan fingerprint density at radius 3 is 2.38 bits per heavy atom. The molecule has 1 aliphatic carbocycles. The molecule has 5 nitrogen and oxygen atoms in total. The number of rotatable bonds is 1. The van der Waals surface area contributed by atoms with E-state index >= 15 is 0 Å². The molecule has 2 N–H and O–H groups in total. The summed E-state index contributed by atoms with van der Waals surface area (Å²) in [6.07, 6.45) is 5.27. The van der Waals surface area contributed by atoms with Crippen LogP contribution in [0.4, 0.5) is 0 Å². The minimum Gasteiger partial charge on any atom is -0.480 e. The third-order valence-corrected chi connectivity index (χ3v) is 3.81. The van der Waals surface area contributed by atoms with Crippen LogP contribution in [0.3, 0.4) is 0 Å². The summed E-state index contributed by atoms with van der Waals surface area (Å²) in [5, 5.41) is 11.9. The van der Waals surface area contributed by atoms with Crippen molar-refractivity contribution in [3.63, 3.8) is 0 Å². The van der Waals surface area contributed by atoms with Crippen LogP contribution >= 0.6 is 0 Å². The zero-order valence-electron chi connectivity index (χ0n) is 9.15. The van der Waals surface area contributed by atoms with E-state index in [1.807, 2.05) is 0 Å². The third-order valence-electron chi connectivity index (χ3n) is 3.81. The molecule has 16 heavy (non-hydrogen) atoms. The Balaban J connectivity index is 1.70. The number of carboxylic acids is 1. The number of carbonyl (C=O) groups is 1. The zero-order valence-corrected chi connectivity index (χ0v) is 9.15. The normalized spacial score (nSPS) is 41.1. The first-order valence-corrected chi connectivity index (χ1v) is 6.00. The Morgan fingerprint density at radius 1 is 1.25 bits per heavy atom. The number of nitrogens with one attached hydrogen (secondary N) is 1. The van der Waals surface area contributed by atoms with Gasteiger partial charge in [-0.3, -0.25) is 10.1 Å². The van der Waals surface area contributed by atoms with Gasteiger partial charge in [-0.05, 0) is 12.8 Å². The molecule has 0 aromatic rings. The molecule has 2 aliphatic heterocycles. The van der Waals surface area contributed by atoms with Gasteiger partial charge < -0.3 is 14.6 Å². The van der Waals surface area contributed by atoms with Crippen LogP contribution in [0.2, 0.25) is 0 Å². The van der Waals surface area contributed by atoms with Gasteiger partial charge in [-0.2, -0.15) is 0 Å². The summed E-state index contributed by atoms with van der Waals surface area (Å²) in [6, 6.07) is -0.528. The molecule has 0 bridgehead atoms. The van der Waals surface area contributed by atoms with Crippen LogP contribution in [0.5, 0.6) is 0 Å². The van der Waals surface area contributed by atoms with E-state index in [0.29, 0.717) is 13.0 Å². The van der Waals surface area contributed by atoms with E-state index in [4.69, 9.17) is 14.6 Å². The summed E-state index contributed by atoms with van der Waals surface area (Å²) in [5.74, 6) is -1.48. The second kappa shape index (κ2) is 3.68. The quantitative estimate of drug-likeness (QED) is 0.682. The van der Waals surface area contributed by atoms with Gasteiger partial charge in [0.1, 0.15) is 6.04 Å². The molecule has 90 valence electrons. The minimum absolute atomic E-state index is 0.183.